The standard InChI is InChI=1S/C23H23F3N2O4/c1-4-13-31-17-9-5-15(6-10-17)19-20(22(30)28(14(2)3)21(19)29)27-16-7-11-18(12-8-16)32-23(24,25)26/h5-12,14,27H,4,13H2,1-3H3. The number of carbonyl (C=O) groups is 2. The van der Waals surface area contributed by atoms with Crippen molar-refractivity contribution in [2.75, 3.05) is 11.9 Å². The molecule has 0 atom stereocenters. The largest absolute Gasteiger partial charge is 0.573 e. The summed E-state index contributed by atoms with van der Waals surface area (Å²) in [5, 5.41) is 2.89. The van der Waals surface area contributed by atoms with Crippen LogP contribution < -0.4 is 14.8 Å². The lowest BCUT2D eigenvalue weighted by Gasteiger charge is -2.19. The Balaban J connectivity index is 1.93. The van der Waals surface area contributed by atoms with E-state index in [1.807, 2.05) is 6.92 Å². The molecule has 0 radical (unpaired) electrons. The third-order valence-corrected chi connectivity index (χ3v) is 4.60. The SMILES string of the molecule is CCCOc1ccc(C2=C(Nc3ccc(OC(F)(F)F)cc3)C(=O)N(C(C)C)C2=O)cc1. The minimum Gasteiger partial charge on any atom is -0.494 e. The second kappa shape index (κ2) is 9.33. The molecule has 0 bridgehead atoms. The van der Waals surface area contributed by atoms with E-state index in [9.17, 15) is 22.8 Å². The Hall–Kier alpha value is -3.49. The number of anilines is 1. The molecular formula is C23H23F3N2O4. The predicted octanol–water partition coefficient (Wildman–Crippen LogP) is 4.97. The number of amides is 2. The minimum atomic E-state index is -4.80. The highest BCUT2D eigenvalue weighted by Gasteiger charge is 2.40. The molecular weight excluding hydrogens is 425 g/mol. The highest BCUT2D eigenvalue weighted by molar-refractivity contribution is 6.36. The van der Waals surface area contributed by atoms with Crippen molar-refractivity contribution in [2.24, 2.45) is 0 Å². The Bertz CT molecular complexity index is 1010. The van der Waals surface area contributed by atoms with Crippen molar-refractivity contribution in [3.63, 3.8) is 0 Å². The normalized spacial score (nSPS) is 14.4. The van der Waals surface area contributed by atoms with Crippen LogP contribution in [0.25, 0.3) is 5.57 Å². The highest BCUT2D eigenvalue weighted by atomic mass is 19.4. The van der Waals surface area contributed by atoms with Gasteiger partial charge < -0.3 is 14.8 Å². The van der Waals surface area contributed by atoms with E-state index in [2.05, 4.69) is 10.1 Å². The lowest BCUT2D eigenvalue weighted by Crippen LogP contribution is -2.38. The lowest BCUT2D eigenvalue weighted by atomic mass is 10.0. The maximum absolute atomic E-state index is 13.1. The molecule has 0 saturated heterocycles. The van der Waals surface area contributed by atoms with Gasteiger partial charge in [-0.1, -0.05) is 19.1 Å². The van der Waals surface area contributed by atoms with E-state index in [0.717, 1.165) is 23.5 Å². The van der Waals surface area contributed by atoms with Crippen LogP contribution in [0.3, 0.4) is 0 Å². The van der Waals surface area contributed by atoms with Gasteiger partial charge in [-0.2, -0.15) is 0 Å². The van der Waals surface area contributed by atoms with E-state index in [-0.39, 0.29) is 17.3 Å². The van der Waals surface area contributed by atoms with Gasteiger partial charge in [0.15, 0.2) is 0 Å². The summed E-state index contributed by atoms with van der Waals surface area (Å²) >= 11 is 0. The van der Waals surface area contributed by atoms with E-state index in [0.29, 0.717) is 23.6 Å². The van der Waals surface area contributed by atoms with Gasteiger partial charge in [0.25, 0.3) is 11.8 Å². The average molecular weight is 448 g/mol. The summed E-state index contributed by atoms with van der Waals surface area (Å²) in [6.07, 6.45) is -3.95. The zero-order valence-corrected chi connectivity index (χ0v) is 17.8. The Morgan fingerprint density at radius 2 is 1.53 bits per heavy atom. The minimum absolute atomic E-state index is 0.0513. The fourth-order valence-corrected chi connectivity index (χ4v) is 3.22. The molecule has 2 amide bonds. The van der Waals surface area contributed by atoms with Gasteiger partial charge in [0, 0.05) is 11.7 Å². The van der Waals surface area contributed by atoms with Crippen LogP contribution in [0.4, 0.5) is 18.9 Å². The van der Waals surface area contributed by atoms with Gasteiger partial charge in [-0.25, -0.2) is 0 Å². The van der Waals surface area contributed by atoms with Gasteiger partial charge in [-0.3, -0.25) is 14.5 Å². The number of carbonyl (C=O) groups excluding carboxylic acids is 2. The lowest BCUT2D eigenvalue weighted by molar-refractivity contribution is -0.274. The molecule has 3 rings (SSSR count). The quantitative estimate of drug-likeness (QED) is 0.578. The summed E-state index contributed by atoms with van der Waals surface area (Å²) in [5.74, 6) is -0.713. The number of rotatable bonds is 8. The highest BCUT2D eigenvalue weighted by Crippen LogP contribution is 2.33. The van der Waals surface area contributed by atoms with Crippen molar-refractivity contribution >= 4 is 23.1 Å². The van der Waals surface area contributed by atoms with Gasteiger partial charge >= 0.3 is 6.36 Å². The summed E-state index contributed by atoms with van der Waals surface area (Å²) < 4.78 is 46.6. The van der Waals surface area contributed by atoms with Gasteiger partial charge in [0.2, 0.25) is 0 Å². The maximum Gasteiger partial charge on any atom is 0.573 e. The molecule has 0 saturated carbocycles. The number of nitrogens with zero attached hydrogens (tertiary/aromatic N) is 1. The van der Waals surface area contributed by atoms with Crippen LogP contribution in [0, 0.1) is 0 Å². The van der Waals surface area contributed by atoms with Crippen molar-refractivity contribution < 1.29 is 32.2 Å². The number of hydrogen-bond donors (Lipinski definition) is 1. The molecule has 0 fully saturated rings. The molecule has 0 aliphatic carbocycles. The van der Waals surface area contributed by atoms with Crippen molar-refractivity contribution in [3.8, 4) is 11.5 Å². The zero-order valence-electron chi connectivity index (χ0n) is 17.8. The Kier molecular flexibility index (Phi) is 6.76. The molecule has 0 unspecified atom stereocenters. The van der Waals surface area contributed by atoms with Crippen LogP contribution in [0.5, 0.6) is 11.5 Å². The molecule has 32 heavy (non-hydrogen) atoms. The molecule has 0 aromatic heterocycles. The fraction of sp³-hybridized carbons (Fsp3) is 0.304. The first-order chi connectivity index (χ1) is 15.1. The second-order valence-corrected chi connectivity index (χ2v) is 7.39. The molecule has 6 nitrogen and oxygen atoms in total. The van der Waals surface area contributed by atoms with Crippen LogP contribution in [0.1, 0.15) is 32.8 Å². The van der Waals surface area contributed by atoms with Gasteiger partial charge in [-0.15, -0.1) is 13.2 Å². The number of halogens is 3. The summed E-state index contributed by atoms with van der Waals surface area (Å²) in [6.45, 7) is 5.99. The van der Waals surface area contributed by atoms with Gasteiger partial charge in [0.05, 0.1) is 12.2 Å². The molecule has 9 heteroatoms. The van der Waals surface area contributed by atoms with Gasteiger partial charge in [-0.05, 0) is 62.2 Å². The van der Waals surface area contributed by atoms with Crippen molar-refractivity contribution in [1.82, 2.24) is 4.90 Å². The van der Waals surface area contributed by atoms with Crippen LogP contribution in [0.2, 0.25) is 0 Å². The number of alkyl halides is 3. The first-order valence-electron chi connectivity index (χ1n) is 10.1. The maximum atomic E-state index is 13.1. The van der Waals surface area contributed by atoms with Crippen molar-refractivity contribution in [2.45, 2.75) is 39.6 Å². The summed E-state index contributed by atoms with van der Waals surface area (Å²) in [4.78, 5) is 27.2. The van der Waals surface area contributed by atoms with Crippen molar-refractivity contribution in [1.29, 1.82) is 0 Å². The van der Waals surface area contributed by atoms with Crippen molar-refractivity contribution in [3.05, 3.63) is 59.8 Å². The monoisotopic (exact) mass is 448 g/mol. The van der Waals surface area contributed by atoms with Crippen LogP contribution in [-0.2, 0) is 9.59 Å². The third kappa shape index (κ3) is 5.22. The number of benzene rings is 2. The van der Waals surface area contributed by atoms with Crippen LogP contribution >= 0.6 is 0 Å². The van der Waals surface area contributed by atoms with E-state index < -0.39 is 23.9 Å². The third-order valence-electron chi connectivity index (χ3n) is 4.60. The second-order valence-electron chi connectivity index (χ2n) is 7.39. The van der Waals surface area contributed by atoms with E-state index in [1.54, 1.807) is 38.1 Å². The Morgan fingerprint density at radius 1 is 0.938 bits per heavy atom. The summed E-state index contributed by atoms with van der Waals surface area (Å²) in [6, 6.07) is 11.4. The number of nitrogens with one attached hydrogen (secondary N) is 1. The Morgan fingerprint density at radius 3 is 2.06 bits per heavy atom. The molecule has 2 aromatic rings. The number of hydrogen-bond acceptors (Lipinski definition) is 5. The molecule has 0 spiro atoms. The number of ether oxygens (including phenoxy) is 2. The van der Waals surface area contributed by atoms with E-state index in [4.69, 9.17) is 4.74 Å². The average Bonchev–Trinajstić information content (AvgIpc) is 2.97. The molecule has 1 heterocycles. The van der Waals surface area contributed by atoms with Gasteiger partial charge in [0.1, 0.15) is 17.2 Å². The molecule has 170 valence electrons. The van der Waals surface area contributed by atoms with Crippen LogP contribution in [0.15, 0.2) is 54.2 Å². The summed E-state index contributed by atoms with van der Waals surface area (Å²) in [7, 11) is 0. The van der Waals surface area contributed by atoms with E-state index >= 15 is 0 Å². The predicted molar refractivity (Wildman–Crippen MR) is 113 cm³/mol. The van der Waals surface area contributed by atoms with E-state index in [1.165, 1.54) is 12.1 Å². The first-order valence-corrected chi connectivity index (χ1v) is 10.1. The molecule has 1 aliphatic rings. The molecule has 1 aliphatic heterocycles. The zero-order chi connectivity index (χ0) is 23.5. The topological polar surface area (TPSA) is 67.9 Å². The number of imide groups is 1. The molecule has 1 N–H and O–H groups in total. The molecule has 2 aromatic carbocycles. The Labute approximate surface area is 183 Å². The van der Waals surface area contributed by atoms with Crippen LogP contribution in [-0.4, -0.2) is 35.7 Å². The fourth-order valence-electron chi connectivity index (χ4n) is 3.22. The smallest absolute Gasteiger partial charge is 0.494 e. The summed E-state index contributed by atoms with van der Waals surface area (Å²) in [5.41, 5.74) is 1.09. The first kappa shape index (κ1) is 23.2.